The second kappa shape index (κ2) is 9.96. The van der Waals surface area contributed by atoms with Gasteiger partial charge in [-0.15, -0.1) is 0 Å². The summed E-state index contributed by atoms with van der Waals surface area (Å²) in [6, 6.07) is 0. The third-order valence-corrected chi connectivity index (χ3v) is 30.4. The average Bonchev–Trinajstić information content (AvgIpc) is 3.23. The fraction of sp³-hybridized carbons (Fsp3) is 1.00. The Hall–Kier alpha value is 0.976. The van der Waals surface area contributed by atoms with Gasteiger partial charge in [0.1, 0.15) is 0 Å². The van der Waals surface area contributed by atoms with Crippen LogP contribution in [-0.2, 0) is 4.43 Å². The van der Waals surface area contributed by atoms with E-state index in [-0.39, 0.29) is 0 Å². The predicted molar refractivity (Wildman–Crippen MR) is 118 cm³/mol. The summed E-state index contributed by atoms with van der Waals surface area (Å²) in [5, 5.41) is 0. The maximum absolute atomic E-state index is 6.29. The Morgan fingerprint density at radius 1 is 0.840 bits per heavy atom. The van der Waals surface area contributed by atoms with Gasteiger partial charge in [0.15, 0.2) is 0 Å². The van der Waals surface area contributed by atoms with E-state index in [2.05, 4.69) is 33.9 Å². The van der Waals surface area contributed by atoms with Gasteiger partial charge in [0.05, 0.1) is 0 Å². The average molecular weight is 473 g/mol. The first-order valence-electron chi connectivity index (χ1n) is 11.5. The van der Waals surface area contributed by atoms with Crippen molar-refractivity contribution in [3.63, 3.8) is 0 Å². The third kappa shape index (κ3) is 4.88. The maximum atomic E-state index is 6.29. The molecule has 1 nitrogen and oxygen atoms in total. The van der Waals surface area contributed by atoms with Gasteiger partial charge in [-0.3, -0.25) is 0 Å². The van der Waals surface area contributed by atoms with E-state index in [0.29, 0.717) is 0 Å². The number of hydrogen-bond donors (Lipinski definition) is 0. The Kier molecular flexibility index (Phi) is 8.87. The molecule has 2 saturated carbocycles. The zero-order valence-electron chi connectivity index (χ0n) is 18.2. The summed E-state index contributed by atoms with van der Waals surface area (Å²) < 4.78 is 12.6. The van der Waals surface area contributed by atoms with E-state index >= 15 is 0 Å². The van der Waals surface area contributed by atoms with Crippen molar-refractivity contribution >= 4 is 26.7 Å². The van der Waals surface area contributed by atoms with E-state index in [4.69, 9.17) is 4.43 Å². The fourth-order valence-electron chi connectivity index (χ4n) is 6.77. The molecule has 148 valence electrons. The first-order chi connectivity index (χ1) is 12.0. The van der Waals surface area contributed by atoms with Gasteiger partial charge in [0.2, 0.25) is 0 Å². The molecule has 0 amide bonds. The van der Waals surface area contributed by atoms with Crippen LogP contribution in [0.1, 0.15) is 78.6 Å². The molecule has 0 aromatic rings. The SMILES string of the molecule is CCC[CH2][Sn]([CH2]CCC)([CH2]CCC)[CH]1C2CCC(C2)C1[Si](C)(C)OC. The summed E-state index contributed by atoms with van der Waals surface area (Å²) in [7, 11) is 0.502. The van der Waals surface area contributed by atoms with E-state index < -0.39 is 26.7 Å². The first-order valence-corrected chi connectivity index (χ1v) is 22.2. The van der Waals surface area contributed by atoms with Crippen LogP contribution >= 0.6 is 0 Å². The summed E-state index contributed by atoms with van der Waals surface area (Å²) in [6.45, 7) is 12.4. The van der Waals surface area contributed by atoms with Gasteiger partial charge >= 0.3 is 165 Å². The summed E-state index contributed by atoms with van der Waals surface area (Å²) in [6.07, 6.45) is 13.5. The summed E-state index contributed by atoms with van der Waals surface area (Å²) >= 11 is -2.15. The Balaban J connectivity index is 2.37. The topological polar surface area (TPSA) is 9.23 Å². The Morgan fingerprint density at radius 2 is 1.32 bits per heavy atom. The molecule has 0 radical (unpaired) electrons. The molecule has 2 aliphatic rings. The van der Waals surface area contributed by atoms with Crippen LogP contribution in [0.15, 0.2) is 0 Å². The van der Waals surface area contributed by atoms with Crippen LogP contribution in [0, 0.1) is 11.8 Å². The Bertz CT molecular complexity index is 376. The number of hydrogen-bond acceptors (Lipinski definition) is 1. The molecule has 0 aromatic carbocycles. The Labute approximate surface area is 164 Å². The van der Waals surface area contributed by atoms with E-state index in [9.17, 15) is 0 Å². The quantitative estimate of drug-likeness (QED) is 0.262. The second-order valence-corrected chi connectivity index (χ2v) is 28.1. The van der Waals surface area contributed by atoms with Gasteiger partial charge in [-0.1, -0.05) is 0 Å². The molecule has 4 atom stereocenters. The van der Waals surface area contributed by atoms with Crippen LogP contribution < -0.4 is 0 Å². The molecule has 0 saturated heterocycles. The standard InChI is InChI=1S/C10H19OSi.3C4H9.Sn/c1-11-12(2,3)10-7-8-4-5-9(10)6-8;3*1-3-4-2;/h7-10H,4-6H2,1-3H3;3*1,3-4H2,2H3;. The molecule has 2 aliphatic carbocycles. The molecular formula is C22H46OSiSn. The van der Waals surface area contributed by atoms with Gasteiger partial charge < -0.3 is 0 Å². The summed E-state index contributed by atoms with van der Waals surface area (Å²) in [4.78, 5) is 0. The van der Waals surface area contributed by atoms with Crippen LogP contribution in [-0.4, -0.2) is 33.8 Å². The molecule has 0 heterocycles. The minimum absolute atomic E-state index is 1.01. The zero-order chi connectivity index (χ0) is 18.5. The van der Waals surface area contributed by atoms with E-state index in [1.807, 2.05) is 7.11 Å². The number of rotatable bonds is 12. The minimum atomic E-state index is -2.15. The molecule has 4 unspecified atom stereocenters. The molecule has 3 heteroatoms. The molecule has 0 spiro atoms. The van der Waals surface area contributed by atoms with E-state index in [0.717, 1.165) is 17.4 Å². The van der Waals surface area contributed by atoms with E-state index in [1.54, 1.807) is 26.2 Å². The molecule has 0 aliphatic heterocycles. The molecule has 2 fully saturated rings. The third-order valence-electron chi connectivity index (χ3n) is 8.04. The van der Waals surface area contributed by atoms with Crippen molar-refractivity contribution in [2.75, 3.05) is 7.11 Å². The monoisotopic (exact) mass is 474 g/mol. The predicted octanol–water partition coefficient (Wildman–Crippen LogP) is 7.86. The van der Waals surface area contributed by atoms with Crippen molar-refractivity contribution < 1.29 is 4.43 Å². The van der Waals surface area contributed by atoms with Crippen molar-refractivity contribution in [3.8, 4) is 0 Å². The van der Waals surface area contributed by atoms with Crippen LogP contribution in [0.25, 0.3) is 0 Å². The number of fused-ring (bicyclic) bond motifs is 2. The molecule has 2 bridgehead atoms. The Morgan fingerprint density at radius 3 is 1.76 bits per heavy atom. The van der Waals surface area contributed by atoms with Crippen LogP contribution in [0.2, 0.25) is 35.9 Å². The van der Waals surface area contributed by atoms with E-state index in [1.165, 1.54) is 48.9 Å². The molecular weight excluding hydrogens is 427 g/mol. The zero-order valence-corrected chi connectivity index (χ0v) is 22.1. The van der Waals surface area contributed by atoms with Gasteiger partial charge in [0.25, 0.3) is 0 Å². The molecule has 2 rings (SSSR count). The van der Waals surface area contributed by atoms with Crippen molar-refractivity contribution in [2.24, 2.45) is 11.8 Å². The van der Waals surface area contributed by atoms with Crippen LogP contribution in [0.3, 0.4) is 0 Å². The molecule has 25 heavy (non-hydrogen) atoms. The first kappa shape index (κ1) is 22.3. The van der Waals surface area contributed by atoms with Gasteiger partial charge in [0, 0.05) is 0 Å². The summed E-state index contributed by atoms with van der Waals surface area (Å²) in [5.41, 5.74) is 1.01. The normalized spacial score (nSPS) is 29.5. The van der Waals surface area contributed by atoms with Crippen molar-refractivity contribution in [2.45, 2.75) is 114 Å². The fourth-order valence-corrected chi connectivity index (χ4v) is 36.1. The van der Waals surface area contributed by atoms with Crippen molar-refractivity contribution in [1.29, 1.82) is 0 Å². The van der Waals surface area contributed by atoms with Gasteiger partial charge in [-0.2, -0.15) is 0 Å². The number of unbranched alkanes of at least 4 members (excludes halogenated alkanes) is 3. The van der Waals surface area contributed by atoms with Gasteiger partial charge in [-0.25, -0.2) is 0 Å². The second-order valence-electron chi connectivity index (χ2n) is 9.87. The van der Waals surface area contributed by atoms with Crippen molar-refractivity contribution in [3.05, 3.63) is 0 Å². The summed E-state index contributed by atoms with van der Waals surface area (Å²) in [5.74, 6) is 2.15. The van der Waals surface area contributed by atoms with Crippen LogP contribution in [0.5, 0.6) is 0 Å². The van der Waals surface area contributed by atoms with Crippen LogP contribution in [0.4, 0.5) is 0 Å². The molecule has 0 N–H and O–H groups in total. The van der Waals surface area contributed by atoms with Gasteiger partial charge in [-0.05, 0) is 0 Å². The molecule has 0 aromatic heterocycles. The van der Waals surface area contributed by atoms with Crippen molar-refractivity contribution in [1.82, 2.24) is 0 Å².